The fourth-order valence-corrected chi connectivity index (χ4v) is 3.97. The zero-order valence-electron chi connectivity index (χ0n) is 15.7. The summed E-state index contributed by atoms with van der Waals surface area (Å²) in [7, 11) is 0. The summed E-state index contributed by atoms with van der Waals surface area (Å²) in [4.78, 5) is 22.4. The molecule has 27 heavy (non-hydrogen) atoms. The van der Waals surface area contributed by atoms with Crippen LogP contribution in [0.3, 0.4) is 0 Å². The van der Waals surface area contributed by atoms with Gasteiger partial charge in [0.1, 0.15) is 11.6 Å². The highest BCUT2D eigenvalue weighted by Gasteiger charge is 2.20. The van der Waals surface area contributed by atoms with Gasteiger partial charge in [0.15, 0.2) is 0 Å². The fraction of sp³-hybridized carbons (Fsp3) is 0.474. The van der Waals surface area contributed by atoms with Gasteiger partial charge in [0.05, 0.1) is 10.7 Å². The summed E-state index contributed by atoms with van der Waals surface area (Å²) in [6.45, 7) is 6.27. The van der Waals surface area contributed by atoms with E-state index in [-0.39, 0.29) is 5.91 Å². The maximum absolute atomic E-state index is 11.6. The molecule has 3 rings (SSSR count). The van der Waals surface area contributed by atoms with Crippen molar-refractivity contribution in [2.75, 3.05) is 25.0 Å². The monoisotopic (exact) mass is 384 g/mol. The summed E-state index contributed by atoms with van der Waals surface area (Å²) in [6.07, 6.45) is 5.10. The van der Waals surface area contributed by atoms with Crippen LogP contribution in [0.15, 0.2) is 22.3 Å². The molecule has 7 nitrogen and oxygen atoms in total. The number of hydrogen-bond acceptors (Lipinski definition) is 7. The number of aryl methyl sites for hydroxylation is 1. The van der Waals surface area contributed by atoms with Crippen molar-refractivity contribution in [1.82, 2.24) is 20.2 Å². The minimum Gasteiger partial charge on any atom is -0.354 e. The molecule has 0 unspecified atom stereocenters. The van der Waals surface area contributed by atoms with E-state index in [4.69, 9.17) is 0 Å². The second-order valence-corrected chi connectivity index (χ2v) is 7.42. The minimum atomic E-state index is 0.246. The number of thioether (sulfide) groups is 1. The highest BCUT2D eigenvalue weighted by Crippen LogP contribution is 2.32. The third-order valence-electron chi connectivity index (χ3n) is 4.58. The highest BCUT2D eigenvalue weighted by molar-refractivity contribution is 8.06. The van der Waals surface area contributed by atoms with Gasteiger partial charge in [-0.2, -0.15) is 5.26 Å². The Morgan fingerprint density at radius 1 is 1.52 bits per heavy atom. The quantitative estimate of drug-likeness (QED) is 0.551. The van der Waals surface area contributed by atoms with Gasteiger partial charge >= 0.3 is 0 Å². The molecule has 2 aliphatic rings. The smallest absolute Gasteiger partial charge is 0.223 e. The van der Waals surface area contributed by atoms with Gasteiger partial charge in [-0.3, -0.25) is 4.79 Å². The van der Waals surface area contributed by atoms with Crippen LogP contribution < -0.4 is 10.6 Å². The van der Waals surface area contributed by atoms with E-state index in [2.05, 4.69) is 33.6 Å². The lowest BCUT2D eigenvalue weighted by molar-refractivity contribution is -0.127. The van der Waals surface area contributed by atoms with Crippen molar-refractivity contribution in [3.8, 4) is 6.07 Å². The van der Waals surface area contributed by atoms with Gasteiger partial charge in [0.25, 0.3) is 0 Å². The molecule has 0 saturated carbocycles. The zero-order valence-corrected chi connectivity index (χ0v) is 16.5. The lowest BCUT2D eigenvalue weighted by Crippen LogP contribution is -2.27. The average molecular weight is 385 g/mol. The molecule has 3 heterocycles. The number of carbonyl (C=O) groups is 1. The van der Waals surface area contributed by atoms with E-state index in [0.717, 1.165) is 48.6 Å². The molecular formula is C19H24N6OS. The van der Waals surface area contributed by atoms with Crippen molar-refractivity contribution in [3.63, 3.8) is 0 Å². The average Bonchev–Trinajstić information content (AvgIpc) is 3.31. The van der Waals surface area contributed by atoms with Crippen molar-refractivity contribution in [2.24, 2.45) is 0 Å². The summed E-state index contributed by atoms with van der Waals surface area (Å²) in [6, 6.07) is 2.28. The SMILES string of the molecule is CCC1=CSC(=C(C#N)c2nc(NCCCN3CCCC3=O)ncc2C)N1. The van der Waals surface area contributed by atoms with Crippen LogP contribution in [0.5, 0.6) is 0 Å². The Hall–Kier alpha value is -2.53. The van der Waals surface area contributed by atoms with E-state index in [1.165, 1.54) is 11.8 Å². The molecule has 1 amide bonds. The summed E-state index contributed by atoms with van der Waals surface area (Å²) < 4.78 is 0. The highest BCUT2D eigenvalue weighted by atomic mass is 32.2. The molecule has 8 heteroatoms. The molecule has 2 aliphatic heterocycles. The number of carbonyl (C=O) groups excluding carboxylic acids is 1. The van der Waals surface area contributed by atoms with Crippen LogP contribution in [-0.4, -0.2) is 40.4 Å². The third-order valence-corrected chi connectivity index (χ3v) is 5.52. The van der Waals surface area contributed by atoms with Crippen LogP contribution in [0, 0.1) is 18.3 Å². The van der Waals surface area contributed by atoms with Crippen LogP contribution in [0.1, 0.15) is 43.9 Å². The van der Waals surface area contributed by atoms with Crippen LogP contribution >= 0.6 is 11.8 Å². The standard InChI is InChI=1S/C19H24N6OS/c1-3-14-12-27-18(23-14)15(10-20)17-13(2)11-22-19(24-17)21-7-5-9-25-8-4-6-16(25)26/h11-12,23H,3-9H2,1-2H3,(H,21,22,24). The summed E-state index contributed by atoms with van der Waals surface area (Å²) in [5.41, 5.74) is 3.14. The molecule has 0 atom stereocenters. The fourth-order valence-electron chi connectivity index (χ4n) is 3.03. The first-order valence-electron chi connectivity index (χ1n) is 9.25. The minimum absolute atomic E-state index is 0.246. The van der Waals surface area contributed by atoms with Gasteiger partial charge in [-0.25, -0.2) is 9.97 Å². The number of allylic oxidation sites excluding steroid dienone is 2. The first kappa shape index (κ1) is 19.2. The molecule has 0 radical (unpaired) electrons. The topological polar surface area (TPSA) is 93.9 Å². The summed E-state index contributed by atoms with van der Waals surface area (Å²) in [5.74, 6) is 0.749. The Labute approximate surface area is 163 Å². The number of aromatic nitrogens is 2. The van der Waals surface area contributed by atoms with Crippen molar-refractivity contribution in [3.05, 3.63) is 33.6 Å². The van der Waals surface area contributed by atoms with Crippen LogP contribution in [0.4, 0.5) is 5.95 Å². The van der Waals surface area contributed by atoms with Crippen molar-refractivity contribution < 1.29 is 4.79 Å². The van der Waals surface area contributed by atoms with E-state index >= 15 is 0 Å². The lowest BCUT2D eigenvalue weighted by Gasteiger charge is -2.15. The number of nitrogens with zero attached hydrogens (tertiary/aromatic N) is 4. The first-order chi connectivity index (χ1) is 13.1. The Bertz CT molecular complexity index is 826. The molecular weight excluding hydrogens is 360 g/mol. The molecule has 0 aliphatic carbocycles. The predicted molar refractivity (Wildman–Crippen MR) is 107 cm³/mol. The summed E-state index contributed by atoms with van der Waals surface area (Å²) >= 11 is 1.52. The number of rotatable bonds is 7. The largest absolute Gasteiger partial charge is 0.354 e. The van der Waals surface area contributed by atoms with E-state index < -0.39 is 0 Å². The van der Waals surface area contributed by atoms with Gasteiger partial charge in [0.2, 0.25) is 11.9 Å². The van der Waals surface area contributed by atoms with Gasteiger partial charge < -0.3 is 15.5 Å². The second-order valence-electron chi connectivity index (χ2n) is 6.55. The maximum atomic E-state index is 11.6. The van der Waals surface area contributed by atoms with Gasteiger partial charge in [0, 0.05) is 37.9 Å². The number of hydrogen-bond donors (Lipinski definition) is 2. The van der Waals surface area contributed by atoms with E-state index in [1.807, 2.05) is 17.2 Å². The van der Waals surface area contributed by atoms with E-state index in [1.54, 1.807) is 6.20 Å². The molecule has 0 bridgehead atoms. The van der Waals surface area contributed by atoms with Crippen molar-refractivity contribution in [1.29, 1.82) is 5.26 Å². The zero-order chi connectivity index (χ0) is 19.2. The Balaban J connectivity index is 1.64. The third kappa shape index (κ3) is 4.61. The van der Waals surface area contributed by atoms with Crippen LogP contribution in [-0.2, 0) is 4.79 Å². The first-order valence-corrected chi connectivity index (χ1v) is 10.1. The van der Waals surface area contributed by atoms with E-state index in [0.29, 0.717) is 30.2 Å². The van der Waals surface area contributed by atoms with Crippen molar-refractivity contribution in [2.45, 2.75) is 39.5 Å². The summed E-state index contributed by atoms with van der Waals surface area (Å²) in [5, 5.41) is 19.0. The van der Waals surface area contributed by atoms with E-state index in [9.17, 15) is 10.1 Å². The molecule has 2 N–H and O–H groups in total. The Kier molecular flexibility index (Phi) is 6.35. The molecule has 0 spiro atoms. The second kappa shape index (κ2) is 8.91. The maximum Gasteiger partial charge on any atom is 0.223 e. The number of likely N-dealkylation sites (tertiary alicyclic amines) is 1. The van der Waals surface area contributed by atoms with Crippen LogP contribution in [0.25, 0.3) is 5.57 Å². The number of amides is 1. The number of nitriles is 1. The Morgan fingerprint density at radius 3 is 3.04 bits per heavy atom. The molecule has 1 saturated heterocycles. The van der Waals surface area contributed by atoms with Gasteiger partial charge in [-0.15, -0.1) is 0 Å². The predicted octanol–water partition coefficient (Wildman–Crippen LogP) is 2.99. The normalized spacial score (nSPS) is 18.2. The van der Waals surface area contributed by atoms with Gasteiger partial charge in [-0.05, 0) is 37.2 Å². The molecule has 0 aromatic carbocycles. The number of nitrogens with one attached hydrogen (secondary N) is 2. The molecule has 1 aromatic heterocycles. The lowest BCUT2D eigenvalue weighted by atomic mass is 10.1. The van der Waals surface area contributed by atoms with Crippen LogP contribution in [0.2, 0.25) is 0 Å². The molecule has 142 valence electrons. The molecule has 1 fully saturated rings. The number of anilines is 1. The van der Waals surface area contributed by atoms with Gasteiger partial charge in [-0.1, -0.05) is 18.7 Å². The Morgan fingerprint density at radius 2 is 2.37 bits per heavy atom. The van der Waals surface area contributed by atoms with Crippen molar-refractivity contribution >= 4 is 29.2 Å². The molecule has 1 aromatic rings.